The lowest BCUT2D eigenvalue weighted by molar-refractivity contribution is 0.0523. The van der Waals surface area contributed by atoms with E-state index in [0.717, 1.165) is 12.4 Å². The van der Waals surface area contributed by atoms with Gasteiger partial charge >= 0.3 is 0 Å². The molecule has 1 aliphatic rings. The fourth-order valence-electron chi connectivity index (χ4n) is 2.70. The average molecular weight is 320 g/mol. The van der Waals surface area contributed by atoms with Gasteiger partial charge in [0.25, 0.3) is 5.91 Å². The molecule has 1 atom stereocenters. The minimum Gasteiger partial charge on any atom is -0.337 e. The number of nitrogens with zero attached hydrogens (tertiary/aromatic N) is 5. The third kappa shape index (κ3) is 2.84. The van der Waals surface area contributed by atoms with Gasteiger partial charge in [0.15, 0.2) is 0 Å². The first kappa shape index (κ1) is 15.0. The van der Waals surface area contributed by atoms with Crippen LogP contribution < -0.4 is 0 Å². The molecular formula is C15H18ClN5O. The maximum Gasteiger partial charge on any atom is 0.272 e. The van der Waals surface area contributed by atoms with Crippen molar-refractivity contribution in [3.63, 3.8) is 0 Å². The van der Waals surface area contributed by atoms with Gasteiger partial charge in [0.1, 0.15) is 11.5 Å². The van der Waals surface area contributed by atoms with Crippen LogP contribution in [0.5, 0.6) is 0 Å². The number of imidazole rings is 1. The van der Waals surface area contributed by atoms with E-state index >= 15 is 0 Å². The summed E-state index contributed by atoms with van der Waals surface area (Å²) in [5, 5.41) is 0.529. The second kappa shape index (κ2) is 6.06. The van der Waals surface area contributed by atoms with Crippen LogP contribution in [0.4, 0.5) is 0 Å². The molecule has 2 aromatic rings. The summed E-state index contributed by atoms with van der Waals surface area (Å²) in [6.07, 6.45) is 5.20. The number of amides is 1. The Morgan fingerprint density at radius 1 is 1.27 bits per heavy atom. The lowest BCUT2D eigenvalue weighted by atomic mass is 10.1. The average Bonchev–Trinajstić information content (AvgIpc) is 2.94. The summed E-state index contributed by atoms with van der Waals surface area (Å²) < 4.78 is 2.00. The van der Waals surface area contributed by atoms with Crippen molar-refractivity contribution in [1.29, 1.82) is 0 Å². The standard InChI is InChI=1S/C15H18ClN5O/c1-19-7-8-21(10-13(19)14-17-5-6-20(14)2)15(22)12-4-3-11(16)9-18-12/h3-6,9,13H,7-8,10H2,1-2H3/t13-/m0/s1. The Balaban J connectivity index is 1.79. The van der Waals surface area contributed by atoms with E-state index < -0.39 is 0 Å². The molecule has 0 spiro atoms. The van der Waals surface area contributed by atoms with Gasteiger partial charge in [-0.2, -0.15) is 0 Å². The van der Waals surface area contributed by atoms with Gasteiger partial charge in [-0.3, -0.25) is 9.69 Å². The number of carbonyl (C=O) groups is 1. The first-order chi connectivity index (χ1) is 10.6. The van der Waals surface area contributed by atoms with Crippen molar-refractivity contribution in [2.45, 2.75) is 6.04 Å². The van der Waals surface area contributed by atoms with E-state index in [2.05, 4.69) is 21.9 Å². The quantitative estimate of drug-likeness (QED) is 0.843. The third-order valence-electron chi connectivity index (χ3n) is 4.04. The monoisotopic (exact) mass is 319 g/mol. The van der Waals surface area contributed by atoms with Gasteiger partial charge in [-0.25, -0.2) is 9.97 Å². The summed E-state index contributed by atoms with van der Waals surface area (Å²) in [6, 6.07) is 3.44. The Morgan fingerprint density at radius 2 is 2.09 bits per heavy atom. The molecule has 0 unspecified atom stereocenters. The number of hydrogen-bond donors (Lipinski definition) is 0. The predicted molar refractivity (Wildman–Crippen MR) is 83.7 cm³/mol. The third-order valence-corrected chi connectivity index (χ3v) is 4.26. The highest BCUT2D eigenvalue weighted by molar-refractivity contribution is 6.30. The van der Waals surface area contributed by atoms with Crippen molar-refractivity contribution < 1.29 is 4.79 Å². The van der Waals surface area contributed by atoms with Crippen LogP contribution in [-0.4, -0.2) is 56.9 Å². The number of likely N-dealkylation sites (N-methyl/N-ethyl adjacent to an activating group) is 1. The maximum absolute atomic E-state index is 12.6. The molecule has 116 valence electrons. The van der Waals surface area contributed by atoms with E-state index in [1.54, 1.807) is 18.3 Å². The van der Waals surface area contributed by atoms with Crippen LogP contribution in [0.2, 0.25) is 5.02 Å². The normalized spacial score (nSPS) is 19.4. The zero-order chi connectivity index (χ0) is 15.7. The summed E-state index contributed by atoms with van der Waals surface area (Å²) in [5.41, 5.74) is 0.424. The van der Waals surface area contributed by atoms with Crippen LogP contribution in [0.25, 0.3) is 0 Å². The van der Waals surface area contributed by atoms with Crippen LogP contribution in [0.15, 0.2) is 30.7 Å². The second-order valence-electron chi connectivity index (χ2n) is 5.51. The molecule has 3 heterocycles. The molecule has 0 bridgehead atoms. The lowest BCUT2D eigenvalue weighted by Crippen LogP contribution is -2.49. The summed E-state index contributed by atoms with van der Waals surface area (Å²) >= 11 is 5.82. The Bertz CT molecular complexity index is 669. The number of aromatic nitrogens is 3. The Hall–Kier alpha value is -1.92. The molecule has 0 aliphatic carbocycles. The van der Waals surface area contributed by atoms with E-state index in [-0.39, 0.29) is 11.9 Å². The molecular weight excluding hydrogens is 302 g/mol. The van der Waals surface area contributed by atoms with Crippen molar-refractivity contribution in [3.8, 4) is 0 Å². The van der Waals surface area contributed by atoms with Crippen molar-refractivity contribution in [2.75, 3.05) is 26.7 Å². The van der Waals surface area contributed by atoms with Gasteiger partial charge < -0.3 is 9.47 Å². The van der Waals surface area contributed by atoms with Gasteiger partial charge in [-0.15, -0.1) is 0 Å². The smallest absolute Gasteiger partial charge is 0.272 e. The Morgan fingerprint density at radius 3 is 2.73 bits per heavy atom. The zero-order valence-corrected chi connectivity index (χ0v) is 13.4. The molecule has 22 heavy (non-hydrogen) atoms. The molecule has 2 aromatic heterocycles. The molecule has 0 aromatic carbocycles. The molecule has 1 fully saturated rings. The molecule has 7 heteroatoms. The fraction of sp³-hybridized carbons (Fsp3) is 0.400. The van der Waals surface area contributed by atoms with Crippen LogP contribution in [0.3, 0.4) is 0 Å². The number of hydrogen-bond acceptors (Lipinski definition) is 4. The van der Waals surface area contributed by atoms with E-state index in [9.17, 15) is 4.79 Å². The van der Waals surface area contributed by atoms with E-state index in [1.165, 1.54) is 6.20 Å². The number of piperazine rings is 1. The van der Waals surface area contributed by atoms with Crippen LogP contribution in [0, 0.1) is 0 Å². The molecule has 0 saturated carbocycles. The second-order valence-corrected chi connectivity index (χ2v) is 5.94. The molecule has 3 rings (SSSR count). The SMILES string of the molecule is CN1CCN(C(=O)c2ccc(Cl)cn2)C[C@H]1c1nccn1C. The lowest BCUT2D eigenvalue weighted by Gasteiger charge is -2.38. The fourth-order valence-corrected chi connectivity index (χ4v) is 2.81. The first-order valence-corrected chi connectivity index (χ1v) is 7.52. The van der Waals surface area contributed by atoms with Crippen LogP contribution in [0.1, 0.15) is 22.4 Å². The van der Waals surface area contributed by atoms with Crippen LogP contribution >= 0.6 is 11.6 Å². The van der Waals surface area contributed by atoms with Gasteiger partial charge in [0.2, 0.25) is 0 Å². The van der Waals surface area contributed by atoms with Gasteiger partial charge in [-0.1, -0.05) is 11.6 Å². The van der Waals surface area contributed by atoms with Crippen molar-refractivity contribution in [2.24, 2.45) is 7.05 Å². The van der Waals surface area contributed by atoms with E-state index in [0.29, 0.717) is 23.8 Å². The number of carbonyl (C=O) groups excluding carboxylic acids is 1. The summed E-state index contributed by atoms with van der Waals surface area (Å²) in [4.78, 5) is 25.2. The van der Waals surface area contributed by atoms with Crippen LogP contribution in [-0.2, 0) is 7.05 Å². The minimum absolute atomic E-state index is 0.0658. The Kier molecular flexibility index (Phi) is 4.13. The molecule has 0 N–H and O–H groups in total. The number of rotatable bonds is 2. The van der Waals surface area contributed by atoms with Crippen molar-refractivity contribution in [1.82, 2.24) is 24.3 Å². The number of pyridine rings is 1. The molecule has 1 saturated heterocycles. The molecule has 6 nitrogen and oxygen atoms in total. The number of halogens is 1. The van der Waals surface area contributed by atoms with Crippen molar-refractivity contribution in [3.05, 3.63) is 47.3 Å². The van der Waals surface area contributed by atoms with Gasteiger partial charge in [-0.05, 0) is 19.2 Å². The van der Waals surface area contributed by atoms with E-state index in [1.807, 2.05) is 22.7 Å². The summed E-state index contributed by atoms with van der Waals surface area (Å²) in [6.45, 7) is 2.09. The largest absolute Gasteiger partial charge is 0.337 e. The molecule has 1 amide bonds. The minimum atomic E-state index is -0.0658. The molecule has 0 radical (unpaired) electrons. The molecule has 1 aliphatic heterocycles. The maximum atomic E-state index is 12.6. The highest BCUT2D eigenvalue weighted by Gasteiger charge is 2.31. The number of aryl methyl sites for hydroxylation is 1. The van der Waals surface area contributed by atoms with Crippen molar-refractivity contribution >= 4 is 17.5 Å². The first-order valence-electron chi connectivity index (χ1n) is 7.14. The topological polar surface area (TPSA) is 54.3 Å². The zero-order valence-electron chi connectivity index (χ0n) is 12.6. The highest BCUT2D eigenvalue weighted by Crippen LogP contribution is 2.23. The highest BCUT2D eigenvalue weighted by atomic mass is 35.5. The summed E-state index contributed by atoms with van der Waals surface area (Å²) in [7, 11) is 4.03. The predicted octanol–water partition coefficient (Wildman–Crippen LogP) is 1.60. The Labute approximate surface area is 134 Å². The summed E-state index contributed by atoms with van der Waals surface area (Å²) in [5.74, 6) is 0.896. The van der Waals surface area contributed by atoms with E-state index in [4.69, 9.17) is 11.6 Å². The van der Waals surface area contributed by atoms with Gasteiger partial charge in [0, 0.05) is 45.3 Å². The van der Waals surface area contributed by atoms with Gasteiger partial charge in [0.05, 0.1) is 11.1 Å².